The zero-order valence-corrected chi connectivity index (χ0v) is 13.4. The number of esters is 1. The summed E-state index contributed by atoms with van der Waals surface area (Å²) in [7, 11) is 1.32. The van der Waals surface area contributed by atoms with Crippen LogP contribution in [0.25, 0.3) is 0 Å². The highest BCUT2D eigenvalue weighted by molar-refractivity contribution is 5.93. The smallest absolute Gasteiger partial charge is 0.342 e. The molecule has 0 fully saturated rings. The zero-order chi connectivity index (χ0) is 18.6. The number of benzene rings is 2. The van der Waals surface area contributed by atoms with Gasteiger partial charge in [-0.05, 0) is 18.6 Å². The van der Waals surface area contributed by atoms with E-state index in [4.69, 9.17) is 9.47 Å². The van der Waals surface area contributed by atoms with E-state index in [1.807, 2.05) is 0 Å². The number of carbonyl (C=O) groups excluding carboxylic acids is 1. The summed E-state index contributed by atoms with van der Waals surface area (Å²) in [4.78, 5) is 32.8. The molecule has 0 saturated heterocycles. The summed E-state index contributed by atoms with van der Waals surface area (Å²) in [5, 5.41) is 21.7. The van der Waals surface area contributed by atoms with E-state index in [-0.39, 0.29) is 22.7 Å². The molecule has 0 aliphatic rings. The highest BCUT2D eigenvalue weighted by Gasteiger charge is 2.22. The van der Waals surface area contributed by atoms with E-state index in [1.54, 1.807) is 13.0 Å². The van der Waals surface area contributed by atoms with Crippen LogP contribution in [0.1, 0.15) is 28.9 Å². The minimum atomic E-state index is -0.834. The van der Waals surface area contributed by atoms with Crippen LogP contribution < -0.4 is 4.74 Å². The Labute approximate surface area is 142 Å². The number of ether oxygens (including phenoxy) is 2. The van der Waals surface area contributed by atoms with Gasteiger partial charge in [-0.15, -0.1) is 0 Å². The summed E-state index contributed by atoms with van der Waals surface area (Å²) >= 11 is 0. The summed E-state index contributed by atoms with van der Waals surface area (Å²) < 4.78 is 10.3. The fourth-order valence-electron chi connectivity index (χ4n) is 2.15. The van der Waals surface area contributed by atoms with Gasteiger partial charge in [0.05, 0.1) is 17.0 Å². The lowest BCUT2D eigenvalue weighted by Gasteiger charge is -2.15. The number of hydrogen-bond acceptors (Lipinski definition) is 7. The highest BCUT2D eigenvalue weighted by atomic mass is 16.6. The molecule has 0 spiro atoms. The van der Waals surface area contributed by atoms with E-state index in [9.17, 15) is 25.0 Å². The zero-order valence-electron chi connectivity index (χ0n) is 13.4. The van der Waals surface area contributed by atoms with Gasteiger partial charge >= 0.3 is 5.97 Å². The molecule has 0 radical (unpaired) electrons. The number of carbonyl (C=O) groups is 1. The molecule has 25 heavy (non-hydrogen) atoms. The van der Waals surface area contributed by atoms with Crippen molar-refractivity contribution in [3.63, 3.8) is 0 Å². The summed E-state index contributed by atoms with van der Waals surface area (Å²) in [5.41, 5.74) is -0.0926. The van der Waals surface area contributed by atoms with Crippen LogP contribution >= 0.6 is 0 Å². The largest absolute Gasteiger partial charge is 0.496 e. The average Bonchev–Trinajstić information content (AvgIpc) is 2.60. The van der Waals surface area contributed by atoms with Crippen LogP contribution in [0.2, 0.25) is 0 Å². The maximum Gasteiger partial charge on any atom is 0.342 e. The van der Waals surface area contributed by atoms with E-state index < -0.39 is 21.9 Å². The van der Waals surface area contributed by atoms with Gasteiger partial charge in [0, 0.05) is 24.3 Å². The van der Waals surface area contributed by atoms with Crippen LogP contribution in [0, 0.1) is 20.2 Å². The molecule has 0 heterocycles. The Bertz CT molecular complexity index is 835. The van der Waals surface area contributed by atoms with Gasteiger partial charge in [0.15, 0.2) is 0 Å². The van der Waals surface area contributed by atoms with Gasteiger partial charge in [-0.3, -0.25) is 20.2 Å². The molecule has 9 nitrogen and oxygen atoms in total. The van der Waals surface area contributed by atoms with Crippen LogP contribution in [0.4, 0.5) is 11.4 Å². The Kier molecular flexibility index (Phi) is 5.28. The summed E-state index contributed by atoms with van der Waals surface area (Å²) in [5.74, 6) is -0.707. The molecule has 130 valence electrons. The number of methoxy groups -OCH3 is 1. The Morgan fingerprint density at radius 3 is 2.28 bits per heavy atom. The molecule has 0 saturated carbocycles. The first-order valence-corrected chi connectivity index (χ1v) is 7.11. The molecule has 0 unspecified atom stereocenters. The summed E-state index contributed by atoms with van der Waals surface area (Å²) in [6.45, 7) is 1.54. The van der Waals surface area contributed by atoms with Crippen molar-refractivity contribution < 1.29 is 24.1 Å². The van der Waals surface area contributed by atoms with Crippen LogP contribution in [0.15, 0.2) is 42.5 Å². The van der Waals surface area contributed by atoms with Gasteiger partial charge in [-0.2, -0.15) is 0 Å². The number of hydrogen-bond donors (Lipinski definition) is 0. The molecule has 0 aliphatic carbocycles. The Hall–Kier alpha value is -3.49. The second-order valence-corrected chi connectivity index (χ2v) is 5.04. The number of nitrogens with zero attached hydrogens (tertiary/aromatic N) is 2. The quantitative estimate of drug-likeness (QED) is 0.446. The van der Waals surface area contributed by atoms with Crippen molar-refractivity contribution in [2.45, 2.75) is 13.0 Å². The van der Waals surface area contributed by atoms with Crippen molar-refractivity contribution in [1.29, 1.82) is 0 Å². The topological polar surface area (TPSA) is 122 Å². The van der Waals surface area contributed by atoms with Gasteiger partial charge in [-0.1, -0.05) is 12.1 Å². The van der Waals surface area contributed by atoms with E-state index in [2.05, 4.69) is 0 Å². The molecule has 2 aromatic rings. The van der Waals surface area contributed by atoms with Crippen LogP contribution in [-0.2, 0) is 4.74 Å². The van der Waals surface area contributed by atoms with Crippen LogP contribution in [0.5, 0.6) is 5.75 Å². The molecular formula is C16H14N2O7. The van der Waals surface area contributed by atoms with Crippen molar-refractivity contribution in [2.75, 3.05) is 7.11 Å². The van der Waals surface area contributed by atoms with E-state index in [0.29, 0.717) is 5.56 Å². The molecule has 0 aromatic heterocycles. The third kappa shape index (κ3) is 4.08. The minimum Gasteiger partial charge on any atom is -0.496 e. The minimum absolute atomic E-state index is 0.103. The lowest BCUT2D eigenvalue weighted by molar-refractivity contribution is -0.385. The molecule has 1 atom stereocenters. The van der Waals surface area contributed by atoms with Gasteiger partial charge in [0.2, 0.25) is 0 Å². The summed E-state index contributed by atoms with van der Waals surface area (Å²) in [6, 6.07) is 9.24. The molecule has 9 heteroatoms. The Balaban J connectivity index is 2.27. The number of nitro benzene ring substituents is 2. The third-order valence-electron chi connectivity index (χ3n) is 3.45. The van der Waals surface area contributed by atoms with E-state index >= 15 is 0 Å². The monoisotopic (exact) mass is 346 g/mol. The Morgan fingerprint density at radius 2 is 1.68 bits per heavy atom. The van der Waals surface area contributed by atoms with Gasteiger partial charge in [0.25, 0.3) is 11.4 Å². The van der Waals surface area contributed by atoms with Crippen molar-refractivity contribution in [1.82, 2.24) is 0 Å². The predicted octanol–water partition coefficient (Wildman–Crippen LogP) is 3.43. The second kappa shape index (κ2) is 7.39. The first-order valence-electron chi connectivity index (χ1n) is 7.11. The van der Waals surface area contributed by atoms with Crippen LogP contribution in [0.3, 0.4) is 0 Å². The first-order chi connectivity index (χ1) is 11.8. The van der Waals surface area contributed by atoms with Crippen molar-refractivity contribution in [2.24, 2.45) is 0 Å². The second-order valence-electron chi connectivity index (χ2n) is 5.04. The molecule has 0 bridgehead atoms. The molecule has 2 aromatic carbocycles. The molecule has 0 N–H and O–H groups in total. The average molecular weight is 346 g/mol. The van der Waals surface area contributed by atoms with Gasteiger partial charge < -0.3 is 9.47 Å². The lowest BCUT2D eigenvalue weighted by Crippen LogP contribution is -2.11. The lowest BCUT2D eigenvalue weighted by atomic mass is 10.1. The van der Waals surface area contributed by atoms with Gasteiger partial charge in [-0.25, -0.2) is 4.79 Å². The van der Waals surface area contributed by atoms with Crippen molar-refractivity contribution >= 4 is 17.3 Å². The fraction of sp³-hybridized carbons (Fsp3) is 0.188. The maximum absolute atomic E-state index is 12.3. The van der Waals surface area contributed by atoms with Crippen molar-refractivity contribution in [3.8, 4) is 5.75 Å². The molecule has 0 amide bonds. The van der Waals surface area contributed by atoms with E-state index in [0.717, 1.165) is 6.07 Å². The maximum atomic E-state index is 12.3. The Morgan fingerprint density at radius 1 is 1.04 bits per heavy atom. The van der Waals surface area contributed by atoms with Gasteiger partial charge in [0.1, 0.15) is 17.4 Å². The first kappa shape index (κ1) is 17.9. The molecule has 2 rings (SSSR count). The highest BCUT2D eigenvalue weighted by Crippen LogP contribution is 2.28. The molecular weight excluding hydrogens is 332 g/mol. The SMILES string of the molecule is COc1ccc([N+](=O)[O-])cc1C(=O)O[C@H](C)c1cccc([N+](=O)[O-])c1. The normalized spacial score (nSPS) is 11.4. The fourth-order valence-corrected chi connectivity index (χ4v) is 2.15. The van der Waals surface area contributed by atoms with Crippen LogP contribution in [-0.4, -0.2) is 22.9 Å². The number of rotatable bonds is 6. The number of nitro groups is 2. The summed E-state index contributed by atoms with van der Waals surface area (Å²) in [6.07, 6.45) is -0.795. The predicted molar refractivity (Wildman–Crippen MR) is 86.6 cm³/mol. The number of non-ortho nitro benzene ring substituents is 2. The van der Waals surface area contributed by atoms with Crippen molar-refractivity contribution in [3.05, 3.63) is 73.8 Å². The van der Waals surface area contributed by atoms with E-state index in [1.165, 1.54) is 37.4 Å². The third-order valence-corrected chi connectivity index (χ3v) is 3.45. The molecule has 0 aliphatic heterocycles. The standard InChI is InChI=1S/C16H14N2O7/c1-10(11-4-3-5-12(8-11)17(20)21)25-16(19)14-9-13(18(22)23)6-7-15(14)24-2/h3-10H,1-2H3/t10-/m1/s1.